The molecule has 0 amide bonds. The number of aliphatic hydroxyl groups is 1. The number of sulfone groups is 1. The van der Waals surface area contributed by atoms with Crippen molar-refractivity contribution in [1.82, 2.24) is 0 Å². The molecule has 0 radical (unpaired) electrons. The minimum absolute atomic E-state index is 0.0900. The molecular weight excluding hydrogens is 236 g/mol. The first-order valence-corrected chi connectivity index (χ1v) is 6.91. The lowest BCUT2D eigenvalue weighted by atomic mass is 10.0. The second kappa shape index (κ2) is 4.96. The third kappa shape index (κ3) is 3.81. The van der Waals surface area contributed by atoms with E-state index in [0.29, 0.717) is 10.6 Å². The van der Waals surface area contributed by atoms with E-state index >= 15 is 0 Å². The normalized spacial score (nSPS) is 13.8. The van der Waals surface area contributed by atoms with Crippen LogP contribution in [0.15, 0.2) is 24.3 Å². The maximum Gasteiger partial charge on any atom is 0.148 e. The largest absolute Gasteiger partial charge is 0.396 e. The van der Waals surface area contributed by atoms with Crippen LogP contribution in [0.4, 0.5) is 0 Å². The van der Waals surface area contributed by atoms with E-state index in [9.17, 15) is 8.42 Å². The minimum atomic E-state index is -3.12. The van der Waals surface area contributed by atoms with Crippen LogP contribution in [0.1, 0.15) is 11.5 Å². The number of halogens is 1. The van der Waals surface area contributed by atoms with E-state index in [4.69, 9.17) is 16.7 Å². The predicted molar refractivity (Wildman–Crippen MR) is 61.0 cm³/mol. The summed E-state index contributed by atoms with van der Waals surface area (Å²) in [4.78, 5) is 0. The van der Waals surface area contributed by atoms with Crippen LogP contribution in [-0.4, -0.2) is 32.1 Å². The van der Waals surface area contributed by atoms with Gasteiger partial charge < -0.3 is 5.11 Å². The molecule has 0 aliphatic heterocycles. The Morgan fingerprint density at radius 3 is 2.47 bits per heavy atom. The SMILES string of the molecule is CS(=O)(=O)CC(CO)c1ccccc1Cl. The summed E-state index contributed by atoms with van der Waals surface area (Å²) in [5.41, 5.74) is 0.673. The van der Waals surface area contributed by atoms with E-state index in [0.717, 1.165) is 6.26 Å². The first kappa shape index (κ1) is 12.5. The molecule has 0 heterocycles. The third-order valence-corrected chi connectivity index (χ3v) is 3.42. The molecule has 1 N–H and O–H groups in total. The Labute approximate surface area is 94.6 Å². The molecule has 1 aromatic rings. The number of aliphatic hydroxyl groups excluding tert-OH is 1. The van der Waals surface area contributed by atoms with Crippen molar-refractivity contribution in [2.24, 2.45) is 0 Å². The molecule has 0 saturated carbocycles. The van der Waals surface area contributed by atoms with Gasteiger partial charge in [0.15, 0.2) is 0 Å². The molecule has 1 unspecified atom stereocenters. The smallest absolute Gasteiger partial charge is 0.148 e. The van der Waals surface area contributed by atoms with Crippen LogP contribution in [0.25, 0.3) is 0 Å². The number of hydrogen-bond donors (Lipinski definition) is 1. The summed E-state index contributed by atoms with van der Waals surface area (Å²) in [6, 6.07) is 6.95. The Bertz CT molecular complexity index is 428. The van der Waals surface area contributed by atoms with Crippen LogP contribution < -0.4 is 0 Å². The van der Waals surface area contributed by atoms with E-state index in [2.05, 4.69) is 0 Å². The van der Waals surface area contributed by atoms with E-state index in [1.165, 1.54) is 0 Å². The van der Waals surface area contributed by atoms with Gasteiger partial charge in [-0.05, 0) is 11.6 Å². The lowest BCUT2D eigenvalue weighted by Gasteiger charge is -2.14. The molecule has 0 aromatic heterocycles. The molecule has 1 atom stereocenters. The van der Waals surface area contributed by atoms with Gasteiger partial charge in [0.1, 0.15) is 9.84 Å². The number of benzene rings is 1. The monoisotopic (exact) mass is 248 g/mol. The fourth-order valence-corrected chi connectivity index (χ4v) is 2.72. The van der Waals surface area contributed by atoms with Gasteiger partial charge >= 0.3 is 0 Å². The molecule has 0 saturated heterocycles. The van der Waals surface area contributed by atoms with Crippen molar-refractivity contribution < 1.29 is 13.5 Å². The highest BCUT2D eigenvalue weighted by molar-refractivity contribution is 7.90. The van der Waals surface area contributed by atoms with E-state index in [1.807, 2.05) is 0 Å². The molecule has 15 heavy (non-hydrogen) atoms. The topological polar surface area (TPSA) is 54.4 Å². The molecule has 3 nitrogen and oxygen atoms in total. The Balaban J connectivity index is 2.98. The Morgan fingerprint density at radius 1 is 1.40 bits per heavy atom. The van der Waals surface area contributed by atoms with E-state index in [-0.39, 0.29) is 12.4 Å². The highest BCUT2D eigenvalue weighted by atomic mass is 35.5. The molecule has 1 aromatic carbocycles. The Kier molecular flexibility index (Phi) is 4.13. The average Bonchev–Trinajstić information content (AvgIpc) is 2.14. The van der Waals surface area contributed by atoms with Crippen LogP contribution in [0, 0.1) is 0 Å². The van der Waals surface area contributed by atoms with Crippen LogP contribution in [-0.2, 0) is 9.84 Å². The van der Waals surface area contributed by atoms with Crippen LogP contribution >= 0.6 is 11.6 Å². The molecule has 0 bridgehead atoms. The second-order valence-corrected chi connectivity index (χ2v) is 6.09. The maximum atomic E-state index is 11.1. The molecule has 0 fully saturated rings. The minimum Gasteiger partial charge on any atom is -0.396 e. The highest BCUT2D eigenvalue weighted by Crippen LogP contribution is 2.25. The van der Waals surface area contributed by atoms with E-state index in [1.54, 1.807) is 24.3 Å². The van der Waals surface area contributed by atoms with Crippen LogP contribution in [0.5, 0.6) is 0 Å². The highest BCUT2D eigenvalue weighted by Gasteiger charge is 2.18. The third-order valence-electron chi connectivity index (χ3n) is 2.07. The molecule has 84 valence electrons. The lowest BCUT2D eigenvalue weighted by Crippen LogP contribution is -2.16. The van der Waals surface area contributed by atoms with Crippen molar-refractivity contribution in [2.45, 2.75) is 5.92 Å². The van der Waals surface area contributed by atoms with Gasteiger partial charge in [-0.1, -0.05) is 29.8 Å². The standard InChI is InChI=1S/C10H13ClO3S/c1-15(13,14)7-8(6-12)9-4-2-3-5-10(9)11/h2-5,8,12H,6-7H2,1H3. The van der Waals surface area contributed by atoms with Gasteiger partial charge in [0.2, 0.25) is 0 Å². The molecular formula is C10H13ClO3S. The van der Waals surface area contributed by atoms with Crippen molar-refractivity contribution in [2.75, 3.05) is 18.6 Å². The predicted octanol–water partition coefficient (Wildman–Crippen LogP) is 1.46. The first-order chi connectivity index (χ1) is 6.94. The van der Waals surface area contributed by atoms with Gasteiger partial charge in [0.25, 0.3) is 0 Å². The fourth-order valence-electron chi connectivity index (χ4n) is 1.41. The van der Waals surface area contributed by atoms with Crippen molar-refractivity contribution in [1.29, 1.82) is 0 Å². The molecule has 5 heteroatoms. The fraction of sp³-hybridized carbons (Fsp3) is 0.400. The summed E-state index contributed by atoms with van der Waals surface area (Å²) >= 11 is 5.92. The number of hydrogen-bond acceptors (Lipinski definition) is 3. The summed E-state index contributed by atoms with van der Waals surface area (Å²) in [5, 5.41) is 9.63. The summed E-state index contributed by atoms with van der Waals surface area (Å²) in [7, 11) is -3.12. The van der Waals surface area contributed by atoms with Gasteiger partial charge in [0.05, 0.1) is 12.4 Å². The molecule has 0 aliphatic carbocycles. The van der Waals surface area contributed by atoms with E-state index < -0.39 is 15.8 Å². The molecule has 0 spiro atoms. The van der Waals surface area contributed by atoms with Gasteiger partial charge in [-0.2, -0.15) is 0 Å². The molecule has 1 rings (SSSR count). The maximum absolute atomic E-state index is 11.1. The zero-order valence-corrected chi connectivity index (χ0v) is 9.92. The van der Waals surface area contributed by atoms with Gasteiger partial charge in [-0.15, -0.1) is 0 Å². The Hall–Kier alpha value is -0.580. The van der Waals surface area contributed by atoms with Crippen molar-refractivity contribution >= 4 is 21.4 Å². The van der Waals surface area contributed by atoms with Crippen LogP contribution in [0.2, 0.25) is 5.02 Å². The van der Waals surface area contributed by atoms with Crippen molar-refractivity contribution in [3.63, 3.8) is 0 Å². The average molecular weight is 249 g/mol. The van der Waals surface area contributed by atoms with Gasteiger partial charge in [0, 0.05) is 17.2 Å². The van der Waals surface area contributed by atoms with Crippen LogP contribution in [0.3, 0.4) is 0 Å². The molecule has 0 aliphatic rings. The van der Waals surface area contributed by atoms with Gasteiger partial charge in [-0.25, -0.2) is 8.42 Å². The first-order valence-electron chi connectivity index (χ1n) is 4.47. The van der Waals surface area contributed by atoms with Gasteiger partial charge in [-0.3, -0.25) is 0 Å². The zero-order chi connectivity index (χ0) is 11.5. The van der Waals surface area contributed by atoms with Crippen molar-refractivity contribution in [3.8, 4) is 0 Å². The van der Waals surface area contributed by atoms with Crippen molar-refractivity contribution in [3.05, 3.63) is 34.9 Å². The quantitative estimate of drug-likeness (QED) is 0.878. The summed E-state index contributed by atoms with van der Waals surface area (Å²) < 4.78 is 22.3. The zero-order valence-electron chi connectivity index (χ0n) is 8.35. The summed E-state index contributed by atoms with van der Waals surface area (Å²) in [5.74, 6) is -0.540. The second-order valence-electron chi connectivity index (χ2n) is 3.49. The summed E-state index contributed by atoms with van der Waals surface area (Å²) in [6.45, 7) is -0.225. The number of rotatable bonds is 4. The lowest BCUT2D eigenvalue weighted by molar-refractivity contribution is 0.273. The Morgan fingerprint density at radius 2 is 2.00 bits per heavy atom. The summed E-state index contributed by atoms with van der Waals surface area (Å²) in [6.07, 6.45) is 1.15.